The van der Waals surface area contributed by atoms with Crippen molar-refractivity contribution in [3.8, 4) is 0 Å². The van der Waals surface area contributed by atoms with Crippen molar-refractivity contribution in [2.45, 2.75) is 51.3 Å². The van der Waals surface area contributed by atoms with E-state index in [4.69, 9.17) is 0 Å². The number of aromatic nitrogens is 2. The van der Waals surface area contributed by atoms with Crippen molar-refractivity contribution < 1.29 is 17.2 Å². The number of pyridine rings is 1. The van der Waals surface area contributed by atoms with Gasteiger partial charge in [0.15, 0.2) is 10.8 Å². The third-order valence-electron chi connectivity index (χ3n) is 5.33. The highest BCUT2D eigenvalue weighted by Gasteiger charge is 2.22. The summed E-state index contributed by atoms with van der Waals surface area (Å²) < 4.78 is 60.6. The van der Waals surface area contributed by atoms with Crippen LogP contribution in [0.15, 0.2) is 40.7 Å². The second-order valence-electron chi connectivity index (χ2n) is 8.64. The van der Waals surface area contributed by atoms with Gasteiger partial charge in [-0.05, 0) is 76.6 Å². The first-order valence-corrected chi connectivity index (χ1v) is 12.5. The van der Waals surface area contributed by atoms with Crippen LogP contribution in [0.5, 0.6) is 0 Å². The Hall–Kier alpha value is -2.63. The molecule has 11 heteroatoms. The van der Waals surface area contributed by atoms with Crippen molar-refractivity contribution >= 4 is 33.1 Å². The van der Waals surface area contributed by atoms with Gasteiger partial charge in [0, 0.05) is 35.1 Å². The molecule has 2 aromatic heterocycles. The van der Waals surface area contributed by atoms with E-state index < -0.39 is 21.7 Å². The summed E-state index contributed by atoms with van der Waals surface area (Å²) >= 11 is 1.13. The Labute approximate surface area is 197 Å². The molecule has 0 amide bonds. The molecule has 0 unspecified atom stereocenters. The summed E-state index contributed by atoms with van der Waals surface area (Å²) in [6.45, 7) is 7.88. The van der Waals surface area contributed by atoms with Crippen LogP contribution in [0.25, 0.3) is 0 Å². The number of hydrogen-bond acceptors (Lipinski definition) is 7. The fraction of sp³-hybridized carbons (Fsp3) is 0.364. The fourth-order valence-electron chi connectivity index (χ4n) is 2.99. The zero-order valence-electron chi connectivity index (χ0n) is 19.1. The molecule has 33 heavy (non-hydrogen) atoms. The Morgan fingerprint density at radius 3 is 2.30 bits per heavy atom. The molecule has 0 aliphatic carbocycles. The molecular weight excluding hydrogens is 468 g/mol. The Morgan fingerprint density at radius 1 is 1.06 bits per heavy atom. The van der Waals surface area contributed by atoms with E-state index in [-0.39, 0.29) is 40.6 Å². The Balaban J connectivity index is 1.81. The highest BCUT2D eigenvalue weighted by atomic mass is 32.2. The molecule has 7 nitrogen and oxygen atoms in total. The lowest BCUT2D eigenvalue weighted by Crippen LogP contribution is -2.38. The lowest BCUT2D eigenvalue weighted by Gasteiger charge is -2.32. The monoisotopic (exact) mass is 495 g/mol. The lowest BCUT2D eigenvalue weighted by atomic mass is 10.0. The van der Waals surface area contributed by atoms with Gasteiger partial charge in [0.25, 0.3) is 10.0 Å². The molecule has 0 saturated carbocycles. The average molecular weight is 496 g/mol. The summed E-state index contributed by atoms with van der Waals surface area (Å²) in [4.78, 5) is 6.11. The number of halogens is 2. The third kappa shape index (κ3) is 6.04. The molecule has 1 aromatic carbocycles. The van der Waals surface area contributed by atoms with Crippen LogP contribution in [0.1, 0.15) is 37.6 Å². The van der Waals surface area contributed by atoms with Crippen molar-refractivity contribution in [3.05, 3.63) is 64.2 Å². The molecule has 178 valence electrons. The maximum absolute atomic E-state index is 14.6. The van der Waals surface area contributed by atoms with E-state index in [1.165, 1.54) is 6.07 Å². The van der Waals surface area contributed by atoms with Crippen LogP contribution in [0.3, 0.4) is 0 Å². The number of nitrogens with zero attached hydrogens (tertiary/aromatic N) is 3. The van der Waals surface area contributed by atoms with Crippen molar-refractivity contribution in [1.82, 2.24) is 14.3 Å². The van der Waals surface area contributed by atoms with Crippen LogP contribution < -0.4 is 10.0 Å². The van der Waals surface area contributed by atoms with Crippen molar-refractivity contribution in [3.63, 3.8) is 0 Å². The van der Waals surface area contributed by atoms with Crippen molar-refractivity contribution in [1.29, 1.82) is 0 Å². The zero-order valence-corrected chi connectivity index (χ0v) is 20.7. The van der Waals surface area contributed by atoms with Crippen molar-refractivity contribution in [2.75, 3.05) is 17.1 Å². The third-order valence-corrected chi connectivity index (χ3v) is 7.14. The van der Waals surface area contributed by atoms with Crippen LogP contribution in [0, 0.1) is 18.6 Å². The first-order valence-electron chi connectivity index (χ1n) is 10.2. The molecule has 0 spiro atoms. The van der Waals surface area contributed by atoms with E-state index >= 15 is 0 Å². The van der Waals surface area contributed by atoms with Gasteiger partial charge in [-0.1, -0.05) is 0 Å². The maximum atomic E-state index is 14.6. The van der Waals surface area contributed by atoms with E-state index in [0.29, 0.717) is 11.4 Å². The lowest BCUT2D eigenvalue weighted by molar-refractivity contribution is 0.165. The minimum Gasteiger partial charge on any atom is -0.379 e. The number of rotatable bonds is 8. The van der Waals surface area contributed by atoms with Crippen LogP contribution in [0.4, 0.5) is 20.3 Å². The number of aryl methyl sites for hydroxylation is 1. The van der Waals surface area contributed by atoms with Gasteiger partial charge in [-0.15, -0.1) is 0 Å². The van der Waals surface area contributed by atoms with E-state index in [0.717, 1.165) is 23.7 Å². The van der Waals surface area contributed by atoms with Gasteiger partial charge < -0.3 is 5.32 Å². The summed E-state index contributed by atoms with van der Waals surface area (Å²) in [5.41, 5.74) is 1.19. The highest BCUT2D eigenvalue weighted by Crippen LogP contribution is 2.25. The number of benzene rings is 1. The Bertz CT molecular complexity index is 1230. The van der Waals surface area contributed by atoms with Gasteiger partial charge in [-0.2, -0.15) is 12.8 Å². The molecule has 0 aliphatic rings. The first kappa shape index (κ1) is 25.0. The summed E-state index contributed by atoms with van der Waals surface area (Å²) in [5.74, 6) is -0.775. The normalized spacial score (nSPS) is 12.2. The van der Waals surface area contributed by atoms with Crippen LogP contribution >= 0.6 is 11.5 Å². The topological polar surface area (TPSA) is 87.2 Å². The fourth-order valence-corrected chi connectivity index (χ4v) is 4.51. The zero-order chi connectivity index (χ0) is 24.4. The van der Waals surface area contributed by atoms with Gasteiger partial charge in [0.05, 0.1) is 11.4 Å². The molecule has 2 N–H and O–H groups in total. The molecule has 3 aromatic rings. The second kappa shape index (κ2) is 9.70. The summed E-state index contributed by atoms with van der Waals surface area (Å²) in [6.07, 6.45) is 0. The van der Waals surface area contributed by atoms with Crippen LogP contribution in [0.2, 0.25) is 0 Å². The number of nitrogens with one attached hydrogen (secondary N) is 2. The Kier molecular flexibility index (Phi) is 7.35. The molecule has 0 aliphatic heterocycles. The molecule has 0 atom stereocenters. The van der Waals surface area contributed by atoms with E-state index in [1.807, 2.05) is 32.7 Å². The maximum Gasteiger partial charge on any atom is 0.280 e. The van der Waals surface area contributed by atoms with Crippen molar-refractivity contribution in [2.24, 2.45) is 0 Å². The average Bonchev–Trinajstić information content (AvgIpc) is 3.22. The van der Waals surface area contributed by atoms with Gasteiger partial charge in [-0.3, -0.25) is 9.62 Å². The molecule has 2 heterocycles. The smallest absolute Gasteiger partial charge is 0.280 e. The minimum atomic E-state index is -3.90. The molecule has 0 bridgehead atoms. The quantitative estimate of drug-likeness (QED) is 0.468. The summed E-state index contributed by atoms with van der Waals surface area (Å²) in [6, 6.07) is 6.69. The second-order valence-corrected chi connectivity index (χ2v) is 10.9. The highest BCUT2D eigenvalue weighted by molar-refractivity contribution is 7.92. The van der Waals surface area contributed by atoms with Crippen LogP contribution in [-0.4, -0.2) is 35.3 Å². The number of anilines is 2. The first-order chi connectivity index (χ1) is 15.4. The number of sulfonamides is 1. The van der Waals surface area contributed by atoms with Gasteiger partial charge in [0.1, 0.15) is 11.6 Å². The van der Waals surface area contributed by atoms with E-state index in [9.17, 15) is 17.2 Å². The number of hydrogen-bond donors (Lipinski definition) is 2. The van der Waals surface area contributed by atoms with Gasteiger partial charge in [-0.25, -0.2) is 13.8 Å². The molecule has 0 radical (unpaired) electrons. The molecule has 3 rings (SSSR count). The minimum absolute atomic E-state index is 0.0165. The summed E-state index contributed by atoms with van der Waals surface area (Å²) in [7, 11) is -2.04. The SMILES string of the molecule is Cc1nc(S(=O)(=O)Nc2ccsn2)ccc1NCc1c(F)ccc(F)c1CN(C)C(C)(C)C. The van der Waals surface area contributed by atoms with E-state index in [2.05, 4.69) is 19.4 Å². The molecule has 0 saturated heterocycles. The summed E-state index contributed by atoms with van der Waals surface area (Å²) in [5, 5.41) is 4.55. The van der Waals surface area contributed by atoms with Crippen LogP contribution in [-0.2, 0) is 23.1 Å². The predicted octanol–water partition coefficient (Wildman–Crippen LogP) is 4.77. The van der Waals surface area contributed by atoms with Gasteiger partial charge in [0.2, 0.25) is 0 Å². The predicted molar refractivity (Wildman–Crippen MR) is 127 cm³/mol. The molecular formula is C22H27F2N5O2S2. The largest absolute Gasteiger partial charge is 0.379 e. The van der Waals surface area contributed by atoms with E-state index in [1.54, 1.807) is 24.4 Å². The standard InChI is InChI=1S/C22H27F2N5O2S2/c1-14-19(8-9-21(26-14)33(30,31)28-20-10-11-32-27-20)25-12-15-16(13-29(5)22(2,3)4)18(24)7-6-17(15)23/h6-11,25H,12-13H2,1-5H3,(H,27,28). The molecule has 0 fully saturated rings. The Morgan fingerprint density at radius 2 is 1.73 bits per heavy atom. The van der Waals surface area contributed by atoms with Gasteiger partial charge >= 0.3 is 0 Å².